The third kappa shape index (κ3) is 6.32. The van der Waals surface area contributed by atoms with Crippen LogP contribution in [0.2, 0.25) is 10.0 Å². The Hall–Kier alpha value is -4.50. The van der Waals surface area contributed by atoms with Gasteiger partial charge in [-0.2, -0.15) is 5.26 Å². The normalized spacial score (nSPS) is 11.3. The van der Waals surface area contributed by atoms with E-state index < -0.39 is 5.91 Å². The molecule has 1 heterocycles. The number of para-hydroxylation sites is 1. The standard InChI is InChI=1S/C32H23Cl2N3O2/c33-29-15-10-23(16-30(29)34)19-37-20-25(28-8-4-5-9-31(28)37)17-24(18-35)32(38)36-26-11-13-27(14-12-26)39-21-22-6-2-1-3-7-22/h1-17,20H,19,21H2,(H,36,38)/b24-17+. The summed E-state index contributed by atoms with van der Waals surface area (Å²) in [7, 11) is 0. The Labute approximate surface area is 236 Å². The predicted octanol–water partition coefficient (Wildman–Crippen LogP) is 8.12. The lowest BCUT2D eigenvalue weighted by molar-refractivity contribution is -0.112. The molecule has 5 nitrogen and oxygen atoms in total. The van der Waals surface area contributed by atoms with E-state index in [1.807, 2.05) is 79.0 Å². The fourth-order valence-corrected chi connectivity index (χ4v) is 4.55. The van der Waals surface area contributed by atoms with Crippen LogP contribution in [0.15, 0.2) is 109 Å². The summed E-state index contributed by atoms with van der Waals surface area (Å²) >= 11 is 12.3. The van der Waals surface area contributed by atoms with Crippen molar-refractivity contribution in [1.29, 1.82) is 5.26 Å². The van der Waals surface area contributed by atoms with Gasteiger partial charge in [0.25, 0.3) is 5.91 Å². The number of nitriles is 1. The minimum atomic E-state index is -0.489. The molecule has 0 radical (unpaired) electrons. The number of benzene rings is 4. The highest BCUT2D eigenvalue weighted by Crippen LogP contribution is 2.27. The molecule has 5 rings (SSSR count). The van der Waals surface area contributed by atoms with Gasteiger partial charge in [0.05, 0.1) is 10.0 Å². The molecule has 1 aromatic heterocycles. The van der Waals surface area contributed by atoms with Crippen molar-refractivity contribution in [2.45, 2.75) is 13.2 Å². The Balaban J connectivity index is 1.32. The molecule has 192 valence electrons. The van der Waals surface area contributed by atoms with Crippen LogP contribution in [-0.4, -0.2) is 10.5 Å². The summed E-state index contributed by atoms with van der Waals surface area (Å²) in [5.74, 6) is 0.194. The third-order valence-electron chi connectivity index (χ3n) is 6.18. The SMILES string of the molecule is N#C/C(=C\c1cn(Cc2ccc(Cl)c(Cl)c2)c2ccccc12)C(=O)Nc1ccc(OCc2ccccc2)cc1. The second-order valence-corrected chi connectivity index (χ2v) is 9.71. The van der Waals surface area contributed by atoms with Crippen LogP contribution in [0.3, 0.4) is 0 Å². The van der Waals surface area contributed by atoms with Gasteiger partial charge in [0.2, 0.25) is 0 Å². The number of carbonyl (C=O) groups is 1. The molecule has 4 aromatic carbocycles. The van der Waals surface area contributed by atoms with Crippen molar-refractivity contribution in [2.24, 2.45) is 0 Å². The summed E-state index contributed by atoms with van der Waals surface area (Å²) in [6, 6.07) is 32.3. The van der Waals surface area contributed by atoms with Gasteiger partial charge in [-0.15, -0.1) is 0 Å². The third-order valence-corrected chi connectivity index (χ3v) is 6.92. The highest BCUT2D eigenvalue weighted by atomic mass is 35.5. The first-order valence-corrected chi connectivity index (χ1v) is 13.0. The molecule has 5 aromatic rings. The van der Waals surface area contributed by atoms with E-state index in [1.54, 1.807) is 36.4 Å². The molecule has 7 heteroatoms. The highest BCUT2D eigenvalue weighted by Gasteiger charge is 2.13. The van der Waals surface area contributed by atoms with Crippen LogP contribution in [0.1, 0.15) is 16.7 Å². The molecule has 39 heavy (non-hydrogen) atoms. The predicted molar refractivity (Wildman–Crippen MR) is 157 cm³/mol. The Morgan fingerprint density at radius 1 is 0.897 bits per heavy atom. The second kappa shape index (κ2) is 11.9. The number of aromatic nitrogens is 1. The zero-order chi connectivity index (χ0) is 27.2. The van der Waals surface area contributed by atoms with Gasteiger partial charge in [0.1, 0.15) is 24.0 Å². The van der Waals surface area contributed by atoms with Crippen molar-refractivity contribution in [3.63, 3.8) is 0 Å². The number of hydrogen-bond acceptors (Lipinski definition) is 3. The second-order valence-electron chi connectivity index (χ2n) is 8.90. The molecule has 0 atom stereocenters. The van der Waals surface area contributed by atoms with Crippen LogP contribution in [0.25, 0.3) is 17.0 Å². The van der Waals surface area contributed by atoms with Crippen LogP contribution < -0.4 is 10.1 Å². The van der Waals surface area contributed by atoms with E-state index in [0.29, 0.717) is 34.6 Å². The molecular formula is C32H23Cl2N3O2. The zero-order valence-corrected chi connectivity index (χ0v) is 22.3. The number of ether oxygens (including phenoxy) is 1. The first-order chi connectivity index (χ1) is 19.0. The molecule has 0 aliphatic carbocycles. The maximum absolute atomic E-state index is 13.0. The minimum Gasteiger partial charge on any atom is -0.489 e. The van der Waals surface area contributed by atoms with Gasteiger partial charge in [-0.05, 0) is 59.7 Å². The first-order valence-electron chi connectivity index (χ1n) is 12.2. The smallest absolute Gasteiger partial charge is 0.266 e. The molecule has 0 aliphatic heterocycles. The van der Waals surface area contributed by atoms with Crippen LogP contribution in [0, 0.1) is 11.3 Å². The Morgan fingerprint density at radius 2 is 1.64 bits per heavy atom. The maximum Gasteiger partial charge on any atom is 0.266 e. The number of fused-ring (bicyclic) bond motifs is 1. The number of carbonyl (C=O) groups excluding carboxylic acids is 1. The number of rotatable bonds is 8. The van der Waals surface area contributed by atoms with E-state index in [9.17, 15) is 10.1 Å². The van der Waals surface area contributed by atoms with E-state index >= 15 is 0 Å². The van der Waals surface area contributed by atoms with E-state index in [0.717, 1.165) is 27.6 Å². The largest absolute Gasteiger partial charge is 0.489 e. The van der Waals surface area contributed by atoms with E-state index in [4.69, 9.17) is 27.9 Å². The molecule has 0 unspecified atom stereocenters. The van der Waals surface area contributed by atoms with Crippen LogP contribution in [0.4, 0.5) is 5.69 Å². The quantitative estimate of drug-likeness (QED) is 0.156. The molecule has 0 aliphatic rings. The Kier molecular flexibility index (Phi) is 7.98. The Morgan fingerprint density at radius 3 is 2.38 bits per heavy atom. The number of amides is 1. The van der Waals surface area contributed by atoms with Crippen molar-refractivity contribution in [3.05, 3.63) is 136 Å². The first kappa shape index (κ1) is 26.1. The summed E-state index contributed by atoms with van der Waals surface area (Å²) in [5, 5.41) is 14.5. The van der Waals surface area contributed by atoms with E-state index in [2.05, 4.69) is 9.88 Å². The van der Waals surface area contributed by atoms with E-state index in [-0.39, 0.29) is 5.57 Å². The lowest BCUT2D eigenvalue weighted by Crippen LogP contribution is -2.13. The summed E-state index contributed by atoms with van der Waals surface area (Å²) in [4.78, 5) is 13.0. The fraction of sp³-hybridized carbons (Fsp3) is 0.0625. The highest BCUT2D eigenvalue weighted by molar-refractivity contribution is 6.42. The van der Waals surface area contributed by atoms with Crippen molar-refractivity contribution in [2.75, 3.05) is 5.32 Å². The van der Waals surface area contributed by atoms with Gasteiger partial charge in [0.15, 0.2) is 0 Å². The topological polar surface area (TPSA) is 67.0 Å². The Bertz CT molecular complexity index is 1700. The molecule has 0 fully saturated rings. The minimum absolute atomic E-state index is 0.00292. The number of halogens is 2. The summed E-state index contributed by atoms with van der Waals surface area (Å²) in [6.07, 6.45) is 3.54. The molecule has 1 N–H and O–H groups in total. The molecule has 0 saturated carbocycles. The average molecular weight is 552 g/mol. The average Bonchev–Trinajstić information content (AvgIpc) is 3.30. The summed E-state index contributed by atoms with van der Waals surface area (Å²) < 4.78 is 7.86. The molecular weight excluding hydrogens is 529 g/mol. The number of anilines is 1. The molecule has 0 saturated heterocycles. The maximum atomic E-state index is 13.0. The fourth-order valence-electron chi connectivity index (χ4n) is 4.23. The van der Waals surface area contributed by atoms with Gasteiger partial charge in [-0.1, -0.05) is 77.8 Å². The molecule has 0 bridgehead atoms. The van der Waals surface area contributed by atoms with Gasteiger partial charge in [-0.3, -0.25) is 4.79 Å². The summed E-state index contributed by atoms with van der Waals surface area (Å²) in [5.41, 5.74) is 4.35. The van der Waals surface area contributed by atoms with Gasteiger partial charge < -0.3 is 14.6 Å². The lowest BCUT2D eigenvalue weighted by atomic mass is 10.1. The number of nitrogens with one attached hydrogen (secondary N) is 1. The molecule has 0 spiro atoms. The van der Waals surface area contributed by atoms with Crippen LogP contribution in [0.5, 0.6) is 5.75 Å². The van der Waals surface area contributed by atoms with Gasteiger partial charge in [-0.25, -0.2) is 0 Å². The van der Waals surface area contributed by atoms with Gasteiger partial charge in [0, 0.05) is 34.9 Å². The van der Waals surface area contributed by atoms with Crippen molar-refractivity contribution in [3.8, 4) is 11.8 Å². The summed E-state index contributed by atoms with van der Waals surface area (Å²) in [6.45, 7) is 1.00. The number of hydrogen-bond donors (Lipinski definition) is 1. The van der Waals surface area contributed by atoms with Crippen LogP contribution >= 0.6 is 23.2 Å². The number of nitrogens with zero attached hydrogens (tertiary/aromatic N) is 2. The van der Waals surface area contributed by atoms with Crippen molar-refractivity contribution >= 4 is 51.8 Å². The molecule has 1 amide bonds. The van der Waals surface area contributed by atoms with E-state index in [1.165, 1.54) is 0 Å². The van der Waals surface area contributed by atoms with Crippen LogP contribution in [-0.2, 0) is 17.9 Å². The monoisotopic (exact) mass is 551 g/mol. The lowest BCUT2D eigenvalue weighted by Gasteiger charge is -2.08. The van der Waals surface area contributed by atoms with Crippen molar-refractivity contribution in [1.82, 2.24) is 4.57 Å². The zero-order valence-electron chi connectivity index (χ0n) is 20.8. The van der Waals surface area contributed by atoms with Crippen molar-refractivity contribution < 1.29 is 9.53 Å². The van der Waals surface area contributed by atoms with Gasteiger partial charge >= 0.3 is 0 Å².